The molecule has 21 heavy (non-hydrogen) atoms. The number of carbonyl (C=O) groups is 2. The highest BCUT2D eigenvalue weighted by atomic mass is 35.5. The van der Waals surface area contributed by atoms with Gasteiger partial charge in [0.25, 0.3) is 0 Å². The Hall–Kier alpha value is -0.810. The zero-order valence-corrected chi connectivity index (χ0v) is 14.4. The van der Waals surface area contributed by atoms with Crippen molar-refractivity contribution < 1.29 is 9.59 Å². The molecule has 1 saturated heterocycles. The van der Waals surface area contributed by atoms with Crippen LogP contribution in [-0.4, -0.2) is 49.4 Å². The lowest BCUT2D eigenvalue weighted by atomic mass is 9.81. The minimum atomic E-state index is -0.00902. The Morgan fingerprint density at radius 2 is 1.71 bits per heavy atom. The highest BCUT2D eigenvalue weighted by Crippen LogP contribution is 2.26. The van der Waals surface area contributed by atoms with Gasteiger partial charge in [0.2, 0.25) is 11.8 Å². The van der Waals surface area contributed by atoms with Gasteiger partial charge in [0.1, 0.15) is 0 Å². The molecule has 0 saturated carbocycles. The fourth-order valence-electron chi connectivity index (χ4n) is 2.56. The largest absolute Gasteiger partial charge is 0.356 e. The van der Waals surface area contributed by atoms with E-state index in [0.717, 1.165) is 25.9 Å². The van der Waals surface area contributed by atoms with Crippen LogP contribution in [0.25, 0.3) is 0 Å². The fraction of sp³-hybridized carbons (Fsp3) is 0.867. The number of hydrogen-bond acceptors (Lipinski definition) is 3. The molecule has 0 atom stereocenters. The van der Waals surface area contributed by atoms with Crippen LogP contribution in [0.15, 0.2) is 0 Å². The smallest absolute Gasteiger partial charge is 0.223 e. The lowest BCUT2D eigenvalue weighted by molar-refractivity contribution is -0.133. The van der Waals surface area contributed by atoms with Gasteiger partial charge in [-0.15, -0.1) is 12.4 Å². The Kier molecular flexibility index (Phi) is 9.62. The summed E-state index contributed by atoms with van der Waals surface area (Å²) in [4.78, 5) is 25.4. The third-order valence-electron chi connectivity index (χ3n) is 4.21. The molecule has 1 heterocycles. The summed E-state index contributed by atoms with van der Waals surface area (Å²) in [6, 6.07) is 0. The molecule has 5 nitrogen and oxygen atoms in total. The average molecular weight is 320 g/mol. The normalized spacial score (nSPS) is 16.7. The van der Waals surface area contributed by atoms with Crippen molar-refractivity contribution in [3.63, 3.8) is 0 Å². The Bertz CT molecular complexity index is 327. The minimum Gasteiger partial charge on any atom is -0.356 e. The van der Waals surface area contributed by atoms with Crippen LogP contribution in [0, 0.1) is 5.41 Å². The molecule has 0 aliphatic carbocycles. The second kappa shape index (κ2) is 10.0. The number of hydrogen-bond donors (Lipinski definition) is 2. The highest BCUT2D eigenvalue weighted by molar-refractivity contribution is 5.85. The molecule has 0 aromatic heterocycles. The van der Waals surface area contributed by atoms with E-state index < -0.39 is 0 Å². The van der Waals surface area contributed by atoms with Gasteiger partial charge in [-0.2, -0.15) is 0 Å². The lowest BCUT2D eigenvalue weighted by Gasteiger charge is -2.34. The van der Waals surface area contributed by atoms with Crippen molar-refractivity contribution in [3.8, 4) is 0 Å². The van der Waals surface area contributed by atoms with E-state index in [-0.39, 0.29) is 29.6 Å². The Morgan fingerprint density at radius 3 is 2.24 bits per heavy atom. The van der Waals surface area contributed by atoms with Crippen molar-refractivity contribution >= 4 is 24.2 Å². The van der Waals surface area contributed by atoms with Crippen molar-refractivity contribution in [2.24, 2.45) is 5.41 Å². The maximum absolute atomic E-state index is 11.8. The summed E-state index contributed by atoms with van der Waals surface area (Å²) in [7, 11) is 0. The minimum absolute atomic E-state index is 0. The standard InChI is InChI=1S/C15H29N3O2.ClH/c1-4-18(5-2)14(20)7-6-13(19)17-12-15(3)8-10-16-11-9-15;/h16H,4-12H2,1-3H3,(H,17,19);1H. The number of rotatable bonds is 7. The summed E-state index contributed by atoms with van der Waals surface area (Å²) in [6.45, 7) is 10.3. The number of piperidine rings is 1. The quantitative estimate of drug-likeness (QED) is 0.748. The molecule has 2 amide bonds. The van der Waals surface area contributed by atoms with Gasteiger partial charge in [-0.1, -0.05) is 6.92 Å². The molecule has 1 aliphatic heterocycles. The van der Waals surface area contributed by atoms with Crippen molar-refractivity contribution in [1.29, 1.82) is 0 Å². The van der Waals surface area contributed by atoms with E-state index >= 15 is 0 Å². The zero-order valence-electron chi connectivity index (χ0n) is 13.5. The van der Waals surface area contributed by atoms with Crippen LogP contribution in [0.4, 0.5) is 0 Å². The molecule has 0 radical (unpaired) electrons. The van der Waals surface area contributed by atoms with Crippen LogP contribution in [0.3, 0.4) is 0 Å². The fourth-order valence-corrected chi connectivity index (χ4v) is 2.56. The van der Waals surface area contributed by atoms with Crippen molar-refractivity contribution in [2.75, 3.05) is 32.7 Å². The molecule has 0 unspecified atom stereocenters. The van der Waals surface area contributed by atoms with Gasteiger partial charge in [-0.25, -0.2) is 0 Å². The Labute approximate surface area is 134 Å². The van der Waals surface area contributed by atoms with Crippen LogP contribution in [0.1, 0.15) is 46.5 Å². The third-order valence-corrected chi connectivity index (χ3v) is 4.21. The van der Waals surface area contributed by atoms with Crippen molar-refractivity contribution in [2.45, 2.75) is 46.5 Å². The van der Waals surface area contributed by atoms with E-state index in [0.29, 0.717) is 32.5 Å². The van der Waals surface area contributed by atoms with E-state index in [9.17, 15) is 9.59 Å². The number of carbonyl (C=O) groups excluding carboxylic acids is 2. The first-order chi connectivity index (χ1) is 9.50. The number of halogens is 1. The monoisotopic (exact) mass is 319 g/mol. The van der Waals surface area contributed by atoms with Crippen LogP contribution in [0.2, 0.25) is 0 Å². The van der Waals surface area contributed by atoms with Gasteiger partial charge >= 0.3 is 0 Å². The molecule has 0 spiro atoms. The molecule has 6 heteroatoms. The van der Waals surface area contributed by atoms with E-state index in [4.69, 9.17) is 0 Å². The van der Waals surface area contributed by atoms with E-state index in [1.165, 1.54) is 0 Å². The maximum Gasteiger partial charge on any atom is 0.223 e. The second-order valence-electron chi connectivity index (χ2n) is 5.90. The van der Waals surface area contributed by atoms with E-state index in [1.54, 1.807) is 4.90 Å². The molecule has 0 bridgehead atoms. The molecular formula is C15H30ClN3O2. The molecule has 1 aliphatic rings. The van der Waals surface area contributed by atoms with Gasteiger partial charge in [0.05, 0.1) is 0 Å². The number of nitrogens with zero attached hydrogens (tertiary/aromatic N) is 1. The first-order valence-corrected chi connectivity index (χ1v) is 7.76. The molecule has 1 fully saturated rings. The summed E-state index contributed by atoms with van der Waals surface area (Å²) in [5, 5.41) is 6.32. The maximum atomic E-state index is 11.8. The second-order valence-corrected chi connectivity index (χ2v) is 5.90. The lowest BCUT2D eigenvalue weighted by Crippen LogP contribution is -2.43. The molecule has 0 aromatic carbocycles. The predicted molar refractivity (Wildman–Crippen MR) is 87.6 cm³/mol. The van der Waals surface area contributed by atoms with Crippen molar-refractivity contribution in [1.82, 2.24) is 15.5 Å². The zero-order chi connectivity index (χ0) is 15.0. The van der Waals surface area contributed by atoms with Crippen LogP contribution in [0.5, 0.6) is 0 Å². The van der Waals surface area contributed by atoms with Crippen molar-refractivity contribution in [3.05, 3.63) is 0 Å². The summed E-state index contributed by atoms with van der Waals surface area (Å²) >= 11 is 0. The molecular weight excluding hydrogens is 290 g/mol. The molecule has 0 aromatic rings. The number of amides is 2. The predicted octanol–water partition coefficient (Wildman–Crippen LogP) is 1.56. The Balaban J connectivity index is 0.00000400. The van der Waals surface area contributed by atoms with Gasteiger partial charge in [-0.05, 0) is 45.2 Å². The first kappa shape index (κ1) is 20.2. The number of nitrogens with one attached hydrogen (secondary N) is 2. The SMILES string of the molecule is CCN(CC)C(=O)CCC(=O)NCC1(C)CCNCC1.Cl. The van der Waals surface area contributed by atoms with Crippen LogP contribution in [-0.2, 0) is 9.59 Å². The van der Waals surface area contributed by atoms with Gasteiger partial charge in [0, 0.05) is 32.5 Å². The summed E-state index contributed by atoms with van der Waals surface area (Å²) in [5.74, 6) is 0.0588. The third kappa shape index (κ3) is 7.14. The van der Waals surface area contributed by atoms with E-state index in [2.05, 4.69) is 17.6 Å². The van der Waals surface area contributed by atoms with Gasteiger partial charge < -0.3 is 15.5 Å². The Morgan fingerprint density at radius 1 is 1.14 bits per heavy atom. The van der Waals surface area contributed by atoms with Crippen LogP contribution < -0.4 is 10.6 Å². The van der Waals surface area contributed by atoms with Gasteiger partial charge in [-0.3, -0.25) is 9.59 Å². The summed E-state index contributed by atoms with van der Waals surface area (Å²) in [6.07, 6.45) is 2.78. The van der Waals surface area contributed by atoms with Gasteiger partial charge in [0.15, 0.2) is 0 Å². The highest BCUT2D eigenvalue weighted by Gasteiger charge is 2.27. The average Bonchev–Trinajstić information content (AvgIpc) is 2.45. The summed E-state index contributed by atoms with van der Waals surface area (Å²) < 4.78 is 0. The molecule has 124 valence electrons. The summed E-state index contributed by atoms with van der Waals surface area (Å²) in [5.41, 5.74) is 0.198. The molecule has 2 N–H and O–H groups in total. The topological polar surface area (TPSA) is 61.4 Å². The molecule has 1 rings (SSSR count). The van der Waals surface area contributed by atoms with E-state index in [1.807, 2.05) is 13.8 Å². The first-order valence-electron chi connectivity index (χ1n) is 7.76. The van der Waals surface area contributed by atoms with Crippen LogP contribution >= 0.6 is 12.4 Å².